The molecule has 1 heterocycles. The summed E-state index contributed by atoms with van der Waals surface area (Å²) in [7, 11) is 0. The summed E-state index contributed by atoms with van der Waals surface area (Å²) < 4.78 is 0. The molecule has 0 spiro atoms. The summed E-state index contributed by atoms with van der Waals surface area (Å²) in [5.74, 6) is 0. The van der Waals surface area contributed by atoms with Gasteiger partial charge in [0, 0.05) is 11.6 Å². The predicted octanol–water partition coefficient (Wildman–Crippen LogP) is 2.08. The predicted molar refractivity (Wildman–Crippen MR) is 52.1 cm³/mol. The molecule has 0 radical (unpaired) electrons. The van der Waals surface area contributed by atoms with Crippen molar-refractivity contribution in [1.82, 2.24) is 4.90 Å². The van der Waals surface area contributed by atoms with E-state index in [1.807, 2.05) is 0 Å². The number of nitriles is 1. The van der Waals surface area contributed by atoms with E-state index in [-0.39, 0.29) is 0 Å². The second kappa shape index (κ2) is 3.51. The highest BCUT2D eigenvalue weighted by Crippen LogP contribution is 2.44. The van der Waals surface area contributed by atoms with Gasteiger partial charge in [-0.05, 0) is 38.8 Å². The van der Waals surface area contributed by atoms with Gasteiger partial charge >= 0.3 is 0 Å². The first-order valence-corrected chi connectivity index (χ1v) is 5.20. The Balaban J connectivity index is 1.98. The van der Waals surface area contributed by atoms with Crippen molar-refractivity contribution in [2.45, 2.75) is 37.6 Å². The Kier molecular flexibility index (Phi) is 2.37. The van der Waals surface area contributed by atoms with E-state index in [0.29, 0.717) is 5.54 Å². The lowest BCUT2D eigenvalue weighted by molar-refractivity contribution is 0.176. The minimum atomic E-state index is 0.302. The highest BCUT2D eigenvalue weighted by Gasteiger charge is 2.45. The number of hydrogen-bond donors (Lipinski definition) is 0. The molecule has 0 bridgehead atoms. The van der Waals surface area contributed by atoms with Gasteiger partial charge in [-0.2, -0.15) is 5.26 Å². The van der Waals surface area contributed by atoms with Gasteiger partial charge in [0.15, 0.2) is 0 Å². The van der Waals surface area contributed by atoms with E-state index < -0.39 is 0 Å². The van der Waals surface area contributed by atoms with Gasteiger partial charge in [-0.25, -0.2) is 0 Å². The fourth-order valence-corrected chi connectivity index (χ4v) is 2.25. The average molecular weight is 176 g/mol. The molecule has 70 valence electrons. The highest BCUT2D eigenvalue weighted by atomic mass is 15.2. The number of hydrogen-bond acceptors (Lipinski definition) is 2. The van der Waals surface area contributed by atoms with Gasteiger partial charge in [0.05, 0.1) is 6.07 Å². The van der Waals surface area contributed by atoms with Crippen molar-refractivity contribution >= 4 is 0 Å². The van der Waals surface area contributed by atoms with Crippen LogP contribution >= 0.6 is 0 Å². The molecule has 2 nitrogen and oxygen atoms in total. The Morgan fingerprint density at radius 2 is 1.85 bits per heavy atom. The molecule has 1 saturated heterocycles. The third-order valence-electron chi connectivity index (χ3n) is 3.22. The van der Waals surface area contributed by atoms with E-state index >= 15 is 0 Å². The summed E-state index contributed by atoms with van der Waals surface area (Å²) in [6.07, 6.45) is 10.3. The van der Waals surface area contributed by atoms with Crippen LogP contribution in [0.2, 0.25) is 0 Å². The molecule has 0 amide bonds. The van der Waals surface area contributed by atoms with Crippen LogP contribution in [0.4, 0.5) is 0 Å². The molecule has 2 heteroatoms. The van der Waals surface area contributed by atoms with E-state index in [1.165, 1.54) is 45.2 Å². The van der Waals surface area contributed by atoms with Crippen LogP contribution in [0.25, 0.3) is 0 Å². The molecule has 0 aromatic carbocycles. The fraction of sp³-hybridized carbons (Fsp3) is 0.727. The summed E-state index contributed by atoms with van der Waals surface area (Å²) in [5.41, 5.74) is 0.302. The largest absolute Gasteiger partial charge is 0.294 e. The maximum atomic E-state index is 8.50. The van der Waals surface area contributed by atoms with Gasteiger partial charge in [0.1, 0.15) is 0 Å². The molecule has 0 aromatic rings. The van der Waals surface area contributed by atoms with Crippen LogP contribution in [-0.4, -0.2) is 23.5 Å². The zero-order valence-corrected chi connectivity index (χ0v) is 8.00. The van der Waals surface area contributed by atoms with E-state index in [1.54, 1.807) is 6.08 Å². The number of allylic oxidation sites excluding steroid dienone is 1. The van der Waals surface area contributed by atoms with Crippen LogP contribution in [0.15, 0.2) is 12.2 Å². The second-order valence-electron chi connectivity index (χ2n) is 4.11. The standard InChI is InChI=1S/C11H16N2/c12-8-4-5-11(6-7-11)13-9-2-1-3-10-13/h4-5H,1-3,6-7,9-10H2/b5-4-. The molecule has 2 aliphatic rings. The van der Waals surface area contributed by atoms with Crippen molar-refractivity contribution in [2.75, 3.05) is 13.1 Å². The lowest BCUT2D eigenvalue weighted by Crippen LogP contribution is -2.39. The molecule has 2 rings (SSSR count). The molecule has 1 aliphatic heterocycles. The molecule has 0 aromatic heterocycles. The van der Waals surface area contributed by atoms with Crippen LogP contribution in [0, 0.1) is 11.3 Å². The van der Waals surface area contributed by atoms with Crippen LogP contribution in [0.1, 0.15) is 32.1 Å². The fourth-order valence-electron chi connectivity index (χ4n) is 2.25. The number of rotatable bonds is 2. The van der Waals surface area contributed by atoms with Gasteiger partial charge in [0.2, 0.25) is 0 Å². The summed E-state index contributed by atoms with van der Waals surface area (Å²) >= 11 is 0. The summed E-state index contributed by atoms with van der Waals surface area (Å²) in [4.78, 5) is 2.56. The Morgan fingerprint density at radius 3 is 2.38 bits per heavy atom. The van der Waals surface area contributed by atoms with Gasteiger partial charge < -0.3 is 0 Å². The van der Waals surface area contributed by atoms with Crippen LogP contribution in [0.5, 0.6) is 0 Å². The molecule has 1 aliphatic carbocycles. The van der Waals surface area contributed by atoms with E-state index in [0.717, 1.165) is 0 Å². The maximum Gasteiger partial charge on any atom is 0.0909 e. The molecule has 0 atom stereocenters. The number of piperidine rings is 1. The van der Waals surface area contributed by atoms with E-state index in [4.69, 9.17) is 5.26 Å². The lowest BCUT2D eigenvalue weighted by atomic mass is 10.1. The normalized spacial score (nSPS) is 27.3. The van der Waals surface area contributed by atoms with Gasteiger partial charge in [-0.3, -0.25) is 4.90 Å². The summed E-state index contributed by atoms with van der Waals surface area (Å²) in [5, 5.41) is 8.50. The van der Waals surface area contributed by atoms with Crippen LogP contribution in [-0.2, 0) is 0 Å². The Hall–Kier alpha value is -0.810. The first-order valence-electron chi connectivity index (χ1n) is 5.20. The average Bonchev–Trinajstić information content (AvgIpc) is 2.97. The summed E-state index contributed by atoms with van der Waals surface area (Å²) in [6.45, 7) is 2.46. The third-order valence-corrected chi connectivity index (χ3v) is 3.22. The highest BCUT2D eigenvalue weighted by molar-refractivity contribution is 5.22. The van der Waals surface area contributed by atoms with E-state index in [2.05, 4.69) is 17.0 Å². The molecule has 1 saturated carbocycles. The zero-order chi connectivity index (χ0) is 9.15. The topological polar surface area (TPSA) is 27.0 Å². The molecular weight excluding hydrogens is 160 g/mol. The Bertz CT molecular complexity index is 239. The maximum absolute atomic E-state index is 8.50. The monoisotopic (exact) mass is 176 g/mol. The molecule has 2 fully saturated rings. The SMILES string of the molecule is N#C/C=C\C1(N2CCCCC2)CC1. The second-order valence-corrected chi connectivity index (χ2v) is 4.11. The van der Waals surface area contributed by atoms with Crippen LogP contribution < -0.4 is 0 Å². The van der Waals surface area contributed by atoms with Crippen molar-refractivity contribution in [3.63, 3.8) is 0 Å². The van der Waals surface area contributed by atoms with Crippen LogP contribution in [0.3, 0.4) is 0 Å². The van der Waals surface area contributed by atoms with Crippen molar-refractivity contribution in [1.29, 1.82) is 5.26 Å². The Labute approximate surface area is 79.8 Å². The quantitative estimate of drug-likeness (QED) is 0.602. The van der Waals surface area contributed by atoms with Gasteiger partial charge in [-0.1, -0.05) is 12.5 Å². The number of nitrogens with zero attached hydrogens (tertiary/aromatic N) is 2. The summed E-state index contributed by atoms with van der Waals surface area (Å²) in [6, 6.07) is 2.10. The molecule has 0 N–H and O–H groups in total. The molecule has 13 heavy (non-hydrogen) atoms. The van der Waals surface area contributed by atoms with Crippen molar-refractivity contribution < 1.29 is 0 Å². The molecular formula is C11H16N2. The van der Waals surface area contributed by atoms with Gasteiger partial charge in [0.25, 0.3) is 0 Å². The van der Waals surface area contributed by atoms with Gasteiger partial charge in [-0.15, -0.1) is 0 Å². The zero-order valence-electron chi connectivity index (χ0n) is 8.00. The first-order chi connectivity index (χ1) is 6.37. The van der Waals surface area contributed by atoms with Crippen molar-refractivity contribution in [3.8, 4) is 6.07 Å². The lowest BCUT2D eigenvalue weighted by Gasteiger charge is -2.32. The minimum absolute atomic E-state index is 0.302. The molecule has 0 unspecified atom stereocenters. The first kappa shape index (κ1) is 8.77. The Morgan fingerprint density at radius 1 is 1.15 bits per heavy atom. The number of likely N-dealkylation sites (tertiary alicyclic amines) is 1. The van der Waals surface area contributed by atoms with E-state index in [9.17, 15) is 0 Å². The third kappa shape index (κ3) is 1.76. The van der Waals surface area contributed by atoms with Crippen molar-refractivity contribution in [2.24, 2.45) is 0 Å². The minimum Gasteiger partial charge on any atom is -0.294 e. The smallest absolute Gasteiger partial charge is 0.0909 e. The van der Waals surface area contributed by atoms with Crippen molar-refractivity contribution in [3.05, 3.63) is 12.2 Å².